The van der Waals surface area contributed by atoms with Crippen LogP contribution in [0.25, 0.3) is 0 Å². The second-order valence-corrected chi connectivity index (χ2v) is 5.82. The monoisotopic (exact) mass is 308 g/mol. The van der Waals surface area contributed by atoms with Gasteiger partial charge in [-0.1, -0.05) is 13.3 Å². The number of rotatable bonds is 6. The Kier molecular flexibility index (Phi) is 5.18. The maximum atomic E-state index is 12.4. The fraction of sp³-hybridized carbons (Fsp3) is 0.667. The number of amides is 2. The number of nitrogens with one attached hydrogen (secondary N) is 1. The van der Waals surface area contributed by atoms with Gasteiger partial charge in [-0.2, -0.15) is 5.10 Å². The van der Waals surface area contributed by atoms with E-state index in [2.05, 4.69) is 17.3 Å². The highest BCUT2D eigenvalue weighted by molar-refractivity contribution is 5.95. The van der Waals surface area contributed by atoms with E-state index in [0.29, 0.717) is 31.6 Å². The second-order valence-electron chi connectivity index (χ2n) is 5.82. The lowest BCUT2D eigenvalue weighted by molar-refractivity contribution is -0.132. The van der Waals surface area contributed by atoms with E-state index in [1.165, 1.54) is 0 Å². The molecular formula is C15H24N4O3. The van der Waals surface area contributed by atoms with E-state index in [1.807, 2.05) is 7.05 Å². The van der Waals surface area contributed by atoms with Crippen molar-refractivity contribution in [2.24, 2.45) is 18.2 Å². The molecule has 0 spiro atoms. The van der Waals surface area contributed by atoms with Gasteiger partial charge in [0.1, 0.15) is 0 Å². The van der Waals surface area contributed by atoms with Gasteiger partial charge in [0.15, 0.2) is 0 Å². The number of aromatic nitrogens is 2. The summed E-state index contributed by atoms with van der Waals surface area (Å²) in [5, 5.41) is 7.00. The van der Waals surface area contributed by atoms with Crippen LogP contribution < -0.4 is 11.1 Å². The lowest BCUT2D eigenvalue weighted by atomic mass is 9.79. The molecule has 7 nitrogen and oxygen atoms in total. The number of ether oxygens (including phenoxy) is 1. The maximum absolute atomic E-state index is 12.4. The Balaban J connectivity index is 2.07. The van der Waals surface area contributed by atoms with Crippen molar-refractivity contribution in [1.29, 1.82) is 0 Å². The van der Waals surface area contributed by atoms with Gasteiger partial charge in [0.2, 0.25) is 5.91 Å². The summed E-state index contributed by atoms with van der Waals surface area (Å²) in [5.74, 6) is -0.584. The summed E-state index contributed by atoms with van der Waals surface area (Å²) >= 11 is 0. The molecule has 1 fully saturated rings. The topological polar surface area (TPSA) is 99.2 Å². The molecule has 2 heterocycles. The molecule has 0 unspecified atom stereocenters. The first-order valence-corrected chi connectivity index (χ1v) is 7.67. The summed E-state index contributed by atoms with van der Waals surface area (Å²) in [6, 6.07) is 0. The average molecular weight is 308 g/mol. The third-order valence-electron chi connectivity index (χ3n) is 4.35. The number of carbonyl (C=O) groups excluding carboxylic acids is 2. The van der Waals surface area contributed by atoms with Crippen molar-refractivity contribution < 1.29 is 14.3 Å². The third kappa shape index (κ3) is 3.30. The first-order valence-electron chi connectivity index (χ1n) is 7.67. The number of carbonyl (C=O) groups is 2. The van der Waals surface area contributed by atoms with E-state index in [4.69, 9.17) is 10.5 Å². The molecule has 7 heteroatoms. The molecule has 122 valence electrons. The van der Waals surface area contributed by atoms with Gasteiger partial charge in [0, 0.05) is 26.8 Å². The molecular weight excluding hydrogens is 284 g/mol. The molecule has 1 aliphatic heterocycles. The highest BCUT2D eigenvalue weighted by atomic mass is 16.5. The Bertz CT molecular complexity index is 547. The van der Waals surface area contributed by atoms with Crippen LogP contribution in [0.5, 0.6) is 0 Å². The molecule has 3 N–H and O–H groups in total. The molecule has 0 bridgehead atoms. The smallest absolute Gasteiger partial charge is 0.254 e. The zero-order valence-corrected chi connectivity index (χ0v) is 13.2. The molecule has 0 aromatic carbocycles. The standard InChI is InChI=1S/C15H24N4O3/c1-3-4-12-11(9-18-19(12)2)13(20)17-10-15(14(16)21)5-7-22-8-6-15/h9H,3-8,10H2,1-2H3,(H2,16,21)(H,17,20). The van der Waals surface area contributed by atoms with Gasteiger partial charge < -0.3 is 15.8 Å². The van der Waals surface area contributed by atoms with Crippen LogP contribution in [0, 0.1) is 5.41 Å². The van der Waals surface area contributed by atoms with Crippen LogP contribution in [0.1, 0.15) is 42.2 Å². The van der Waals surface area contributed by atoms with Crippen molar-refractivity contribution in [3.05, 3.63) is 17.5 Å². The molecule has 1 aromatic rings. The van der Waals surface area contributed by atoms with Crippen LogP contribution in [-0.2, 0) is 23.0 Å². The minimum atomic E-state index is -0.707. The largest absolute Gasteiger partial charge is 0.381 e. The van der Waals surface area contributed by atoms with E-state index >= 15 is 0 Å². The lowest BCUT2D eigenvalue weighted by Crippen LogP contribution is -2.49. The SMILES string of the molecule is CCCc1c(C(=O)NCC2(C(N)=O)CCOCC2)cnn1C. The van der Waals surface area contributed by atoms with Gasteiger partial charge in [-0.25, -0.2) is 0 Å². The lowest BCUT2D eigenvalue weighted by Gasteiger charge is -2.34. The number of nitrogens with two attached hydrogens (primary N) is 1. The average Bonchev–Trinajstić information content (AvgIpc) is 2.87. The molecule has 22 heavy (non-hydrogen) atoms. The van der Waals surface area contributed by atoms with Crippen molar-refractivity contribution in [3.63, 3.8) is 0 Å². The molecule has 1 aliphatic rings. The second kappa shape index (κ2) is 6.91. The van der Waals surface area contributed by atoms with E-state index in [-0.39, 0.29) is 18.4 Å². The molecule has 0 atom stereocenters. The highest BCUT2D eigenvalue weighted by Crippen LogP contribution is 2.29. The van der Waals surface area contributed by atoms with Crippen LogP contribution in [0.4, 0.5) is 0 Å². The summed E-state index contributed by atoms with van der Waals surface area (Å²) in [6.45, 7) is 3.28. The van der Waals surface area contributed by atoms with Crippen molar-refractivity contribution in [2.75, 3.05) is 19.8 Å². The highest BCUT2D eigenvalue weighted by Gasteiger charge is 2.38. The van der Waals surface area contributed by atoms with E-state index in [9.17, 15) is 9.59 Å². The fourth-order valence-electron chi connectivity index (χ4n) is 2.80. The maximum Gasteiger partial charge on any atom is 0.254 e. The van der Waals surface area contributed by atoms with Gasteiger partial charge in [0.25, 0.3) is 5.91 Å². The van der Waals surface area contributed by atoms with Gasteiger partial charge in [-0.05, 0) is 19.3 Å². The number of hydrogen-bond acceptors (Lipinski definition) is 4. The van der Waals surface area contributed by atoms with Crippen LogP contribution in [0.15, 0.2) is 6.20 Å². The fourth-order valence-corrected chi connectivity index (χ4v) is 2.80. The summed E-state index contributed by atoms with van der Waals surface area (Å²) in [5.41, 5.74) is 6.31. The molecule has 0 saturated carbocycles. The van der Waals surface area contributed by atoms with Crippen LogP contribution >= 0.6 is 0 Å². The van der Waals surface area contributed by atoms with Crippen molar-refractivity contribution in [2.45, 2.75) is 32.6 Å². The van der Waals surface area contributed by atoms with Crippen molar-refractivity contribution in [1.82, 2.24) is 15.1 Å². The van der Waals surface area contributed by atoms with Crippen molar-refractivity contribution >= 4 is 11.8 Å². The quantitative estimate of drug-likeness (QED) is 0.794. The zero-order chi connectivity index (χ0) is 16.2. The Morgan fingerprint density at radius 3 is 2.73 bits per heavy atom. The van der Waals surface area contributed by atoms with Gasteiger partial charge in [0.05, 0.1) is 22.9 Å². The summed E-state index contributed by atoms with van der Waals surface area (Å²) in [4.78, 5) is 24.2. The van der Waals surface area contributed by atoms with E-state index in [1.54, 1.807) is 10.9 Å². The molecule has 1 aromatic heterocycles. The molecule has 0 aliphatic carbocycles. The van der Waals surface area contributed by atoms with Gasteiger partial charge in [-0.3, -0.25) is 14.3 Å². The minimum absolute atomic E-state index is 0.205. The molecule has 2 amide bonds. The van der Waals surface area contributed by atoms with Crippen molar-refractivity contribution in [3.8, 4) is 0 Å². The zero-order valence-electron chi connectivity index (χ0n) is 13.2. The minimum Gasteiger partial charge on any atom is -0.381 e. The van der Waals surface area contributed by atoms with Gasteiger partial charge in [-0.15, -0.1) is 0 Å². The Hall–Kier alpha value is -1.89. The molecule has 0 radical (unpaired) electrons. The van der Waals surface area contributed by atoms with Crippen LogP contribution in [-0.4, -0.2) is 41.4 Å². The Morgan fingerprint density at radius 2 is 2.14 bits per heavy atom. The summed E-state index contributed by atoms with van der Waals surface area (Å²) in [7, 11) is 1.82. The summed E-state index contributed by atoms with van der Waals surface area (Å²) in [6.07, 6.45) is 4.37. The number of nitrogens with zero attached hydrogens (tertiary/aromatic N) is 2. The number of primary amides is 1. The first kappa shape index (κ1) is 16.5. The predicted octanol–water partition coefficient (Wildman–Crippen LogP) is 0.385. The first-order chi connectivity index (χ1) is 10.5. The molecule has 1 saturated heterocycles. The number of aryl methyl sites for hydroxylation is 1. The Morgan fingerprint density at radius 1 is 1.45 bits per heavy atom. The Labute approximate surface area is 130 Å². The number of hydrogen-bond donors (Lipinski definition) is 2. The van der Waals surface area contributed by atoms with E-state index < -0.39 is 5.41 Å². The van der Waals surface area contributed by atoms with Gasteiger partial charge >= 0.3 is 0 Å². The normalized spacial score (nSPS) is 17.2. The van der Waals surface area contributed by atoms with E-state index in [0.717, 1.165) is 18.5 Å². The van der Waals surface area contributed by atoms with Crippen LogP contribution in [0.2, 0.25) is 0 Å². The van der Waals surface area contributed by atoms with Crippen LogP contribution in [0.3, 0.4) is 0 Å². The predicted molar refractivity (Wildman–Crippen MR) is 81.2 cm³/mol. The molecule has 2 rings (SSSR count). The third-order valence-corrected chi connectivity index (χ3v) is 4.35. The summed E-state index contributed by atoms with van der Waals surface area (Å²) < 4.78 is 7.01.